The maximum atomic E-state index is 12.9. The molecule has 1 aliphatic carbocycles. The highest BCUT2D eigenvalue weighted by Gasteiger charge is 2.23. The summed E-state index contributed by atoms with van der Waals surface area (Å²) >= 11 is 7.52. The van der Waals surface area contributed by atoms with Crippen LogP contribution in [0.25, 0.3) is 0 Å². The zero-order valence-electron chi connectivity index (χ0n) is 19.8. The van der Waals surface area contributed by atoms with E-state index in [-0.39, 0.29) is 43.2 Å². The molecule has 1 aliphatic rings. The molecule has 3 aromatic rings. The lowest BCUT2D eigenvalue weighted by Gasteiger charge is -2.15. The van der Waals surface area contributed by atoms with Crippen molar-refractivity contribution in [3.05, 3.63) is 81.2 Å². The summed E-state index contributed by atoms with van der Waals surface area (Å²) in [7, 11) is 0. The predicted molar refractivity (Wildman–Crippen MR) is 140 cm³/mol. The standard InChI is InChI=1S/C26H27ClN4O4S/c1-16-11-22(36-20-5-3-2-4-6-20)25(28)26(34)31(16)14-23(32)29-13-17-12-18(27)7-10-21(17)35-15-24(33)30-19-8-9-19/h2-7,10-12,19H,8-9,13-15,28H2,1H3,(H,29,32)(H,30,33). The molecular formula is C26H27ClN4O4S. The summed E-state index contributed by atoms with van der Waals surface area (Å²) < 4.78 is 7.00. The van der Waals surface area contributed by atoms with E-state index in [1.807, 2.05) is 30.3 Å². The van der Waals surface area contributed by atoms with Crippen LogP contribution in [-0.2, 0) is 22.7 Å². The first-order valence-corrected chi connectivity index (χ1v) is 12.7. The molecule has 0 radical (unpaired) electrons. The van der Waals surface area contributed by atoms with Crippen LogP contribution in [0.15, 0.2) is 69.2 Å². The molecule has 0 unspecified atom stereocenters. The largest absolute Gasteiger partial charge is 0.483 e. The summed E-state index contributed by atoms with van der Waals surface area (Å²) in [5, 5.41) is 6.12. The molecule has 2 aromatic carbocycles. The summed E-state index contributed by atoms with van der Waals surface area (Å²) in [5.41, 5.74) is 7.03. The third-order valence-electron chi connectivity index (χ3n) is 5.58. The summed E-state index contributed by atoms with van der Waals surface area (Å²) in [5.74, 6) is -0.116. The number of ether oxygens (including phenoxy) is 1. The van der Waals surface area contributed by atoms with Gasteiger partial charge in [-0.05, 0) is 56.2 Å². The molecule has 8 nitrogen and oxygen atoms in total. The van der Waals surface area contributed by atoms with Gasteiger partial charge in [0, 0.05) is 38.7 Å². The van der Waals surface area contributed by atoms with Gasteiger partial charge in [0.1, 0.15) is 18.0 Å². The minimum absolute atomic E-state index is 0.0947. The highest BCUT2D eigenvalue weighted by molar-refractivity contribution is 7.99. The first-order chi connectivity index (χ1) is 17.3. The Morgan fingerprint density at radius 1 is 1.14 bits per heavy atom. The molecule has 0 aliphatic heterocycles. The van der Waals surface area contributed by atoms with Gasteiger partial charge in [-0.3, -0.25) is 14.4 Å². The Hall–Kier alpha value is -3.43. The van der Waals surface area contributed by atoms with Crippen LogP contribution in [-0.4, -0.2) is 29.0 Å². The quantitative estimate of drug-likeness (QED) is 0.372. The number of nitrogen functional groups attached to an aromatic ring is 1. The third-order valence-corrected chi connectivity index (χ3v) is 6.88. The molecule has 36 heavy (non-hydrogen) atoms. The lowest BCUT2D eigenvalue weighted by molar-refractivity contribution is -0.123. The maximum absolute atomic E-state index is 12.9. The number of halogens is 1. The van der Waals surface area contributed by atoms with Crippen LogP contribution in [0.1, 0.15) is 24.1 Å². The van der Waals surface area contributed by atoms with Crippen molar-refractivity contribution in [2.45, 2.75) is 48.7 Å². The van der Waals surface area contributed by atoms with Gasteiger partial charge in [-0.2, -0.15) is 0 Å². The van der Waals surface area contributed by atoms with Crippen LogP contribution in [0, 0.1) is 6.92 Å². The maximum Gasteiger partial charge on any atom is 0.275 e. The van der Waals surface area contributed by atoms with Crippen molar-refractivity contribution >= 4 is 40.9 Å². The topological polar surface area (TPSA) is 115 Å². The molecule has 0 atom stereocenters. The van der Waals surface area contributed by atoms with Gasteiger partial charge < -0.3 is 25.7 Å². The van der Waals surface area contributed by atoms with Crippen molar-refractivity contribution in [3.63, 3.8) is 0 Å². The second-order valence-corrected chi connectivity index (χ2v) is 10.1. The monoisotopic (exact) mass is 526 g/mol. The van der Waals surface area contributed by atoms with E-state index in [4.69, 9.17) is 22.1 Å². The van der Waals surface area contributed by atoms with Crippen LogP contribution < -0.4 is 26.7 Å². The number of amides is 2. The van der Waals surface area contributed by atoms with Crippen LogP contribution in [0.5, 0.6) is 5.75 Å². The van der Waals surface area contributed by atoms with E-state index in [1.165, 1.54) is 16.3 Å². The van der Waals surface area contributed by atoms with Gasteiger partial charge in [-0.1, -0.05) is 41.6 Å². The number of nitrogens with two attached hydrogens (primary N) is 1. The number of benzene rings is 2. The Bertz CT molecular complexity index is 1330. The number of hydrogen-bond donors (Lipinski definition) is 3. The van der Waals surface area contributed by atoms with Crippen LogP contribution >= 0.6 is 23.4 Å². The molecule has 10 heteroatoms. The molecule has 0 spiro atoms. The minimum atomic E-state index is -0.419. The van der Waals surface area contributed by atoms with Crippen LogP contribution in [0.2, 0.25) is 5.02 Å². The average Bonchev–Trinajstić information content (AvgIpc) is 3.67. The van der Waals surface area contributed by atoms with Crippen LogP contribution in [0.3, 0.4) is 0 Å². The summed E-state index contributed by atoms with van der Waals surface area (Å²) in [6.07, 6.45) is 1.99. The lowest BCUT2D eigenvalue weighted by atomic mass is 10.2. The molecular weight excluding hydrogens is 500 g/mol. The van der Waals surface area contributed by atoms with Crippen molar-refractivity contribution in [2.75, 3.05) is 12.3 Å². The number of carbonyl (C=O) groups excluding carboxylic acids is 2. The van der Waals surface area contributed by atoms with Crippen LogP contribution in [0.4, 0.5) is 5.69 Å². The number of pyridine rings is 1. The van der Waals surface area contributed by atoms with E-state index < -0.39 is 5.56 Å². The highest BCUT2D eigenvalue weighted by Crippen LogP contribution is 2.31. The fraction of sp³-hybridized carbons (Fsp3) is 0.269. The van der Waals surface area contributed by atoms with Gasteiger partial charge >= 0.3 is 0 Å². The number of carbonyl (C=O) groups is 2. The first-order valence-electron chi connectivity index (χ1n) is 11.5. The van der Waals surface area contributed by atoms with Gasteiger partial charge in [0.2, 0.25) is 5.91 Å². The number of anilines is 1. The normalized spacial score (nSPS) is 12.7. The Morgan fingerprint density at radius 3 is 2.61 bits per heavy atom. The van der Waals surface area contributed by atoms with Crippen molar-refractivity contribution < 1.29 is 14.3 Å². The van der Waals surface area contributed by atoms with Gasteiger partial charge in [0.25, 0.3) is 11.5 Å². The van der Waals surface area contributed by atoms with Gasteiger partial charge in [0.15, 0.2) is 6.61 Å². The Balaban J connectivity index is 1.39. The Kier molecular flexibility index (Phi) is 8.22. The Labute approximate surface area is 218 Å². The smallest absolute Gasteiger partial charge is 0.275 e. The lowest BCUT2D eigenvalue weighted by Crippen LogP contribution is -2.34. The van der Waals surface area contributed by atoms with Gasteiger partial charge in [-0.25, -0.2) is 0 Å². The van der Waals surface area contributed by atoms with Gasteiger partial charge in [0.05, 0.1) is 0 Å². The van der Waals surface area contributed by atoms with E-state index in [2.05, 4.69) is 10.6 Å². The Morgan fingerprint density at radius 2 is 1.89 bits per heavy atom. The molecule has 4 N–H and O–H groups in total. The molecule has 1 heterocycles. The number of nitrogens with zero attached hydrogens (tertiary/aromatic N) is 1. The number of rotatable bonds is 10. The number of nitrogens with one attached hydrogen (secondary N) is 2. The second-order valence-electron chi connectivity index (χ2n) is 8.53. The molecule has 188 valence electrons. The molecule has 1 aromatic heterocycles. The van der Waals surface area contributed by atoms with Crippen molar-refractivity contribution in [3.8, 4) is 5.75 Å². The van der Waals surface area contributed by atoms with Crippen molar-refractivity contribution in [2.24, 2.45) is 0 Å². The molecule has 4 rings (SSSR count). The fourth-order valence-electron chi connectivity index (χ4n) is 3.51. The van der Waals surface area contributed by atoms with E-state index in [0.29, 0.717) is 26.9 Å². The highest BCUT2D eigenvalue weighted by atomic mass is 35.5. The summed E-state index contributed by atoms with van der Waals surface area (Å²) in [6, 6.07) is 16.6. The second kappa shape index (κ2) is 11.5. The zero-order valence-corrected chi connectivity index (χ0v) is 21.3. The van der Waals surface area contributed by atoms with E-state index in [1.54, 1.807) is 31.2 Å². The van der Waals surface area contributed by atoms with E-state index in [0.717, 1.165) is 17.7 Å². The summed E-state index contributed by atoms with van der Waals surface area (Å²) in [6.45, 7) is 1.56. The molecule has 1 saturated carbocycles. The molecule has 2 amide bonds. The third kappa shape index (κ3) is 6.83. The SMILES string of the molecule is Cc1cc(Sc2ccccc2)c(N)c(=O)n1CC(=O)NCc1cc(Cl)ccc1OCC(=O)NC1CC1. The minimum Gasteiger partial charge on any atom is -0.483 e. The van der Waals surface area contributed by atoms with E-state index in [9.17, 15) is 14.4 Å². The molecule has 0 saturated heterocycles. The first kappa shape index (κ1) is 25.7. The summed E-state index contributed by atoms with van der Waals surface area (Å²) in [4.78, 5) is 39.2. The zero-order chi connectivity index (χ0) is 25.7. The molecule has 1 fully saturated rings. The fourth-order valence-corrected chi connectivity index (χ4v) is 4.68. The number of aryl methyl sites for hydroxylation is 1. The predicted octanol–water partition coefficient (Wildman–Crippen LogP) is 3.52. The number of hydrogen-bond acceptors (Lipinski definition) is 6. The molecule has 0 bridgehead atoms. The van der Waals surface area contributed by atoms with Crippen molar-refractivity contribution in [1.29, 1.82) is 0 Å². The van der Waals surface area contributed by atoms with Gasteiger partial charge in [-0.15, -0.1) is 0 Å². The average molecular weight is 527 g/mol. The number of aromatic nitrogens is 1. The van der Waals surface area contributed by atoms with E-state index >= 15 is 0 Å². The van der Waals surface area contributed by atoms with Crippen molar-refractivity contribution in [1.82, 2.24) is 15.2 Å².